The summed E-state index contributed by atoms with van der Waals surface area (Å²) in [5.41, 5.74) is 0. The van der Waals surface area contributed by atoms with E-state index < -0.39 is 5.97 Å². The second-order valence-electron chi connectivity index (χ2n) is 1.88. The zero-order valence-electron chi connectivity index (χ0n) is 5.22. The predicted octanol–water partition coefficient (Wildman–Crippen LogP) is 1.32. The first kappa shape index (κ1) is 7.47. The van der Waals surface area contributed by atoms with Crippen LogP contribution in [0.2, 0.25) is 0 Å². The van der Waals surface area contributed by atoms with Crippen molar-refractivity contribution in [3.63, 3.8) is 0 Å². The van der Waals surface area contributed by atoms with E-state index in [0.717, 1.165) is 0 Å². The van der Waals surface area contributed by atoms with Crippen molar-refractivity contribution in [2.45, 2.75) is 20.3 Å². The van der Waals surface area contributed by atoms with Crippen molar-refractivity contribution in [3.05, 3.63) is 6.42 Å². The molecule has 0 aromatic rings. The molecule has 0 aliphatic carbocycles. The summed E-state index contributed by atoms with van der Waals surface area (Å²) in [4.78, 5) is 10.1. The molecule has 2 heteroatoms. The van der Waals surface area contributed by atoms with Crippen molar-refractivity contribution in [2.75, 3.05) is 0 Å². The lowest BCUT2D eigenvalue weighted by Gasteiger charge is -1.99. The Morgan fingerprint density at radius 3 is 2.50 bits per heavy atom. The van der Waals surface area contributed by atoms with E-state index in [2.05, 4.69) is 0 Å². The lowest BCUT2D eigenvalue weighted by molar-refractivity contribution is -0.141. The molecule has 2 nitrogen and oxygen atoms in total. The molecule has 0 rings (SSSR count). The van der Waals surface area contributed by atoms with Gasteiger partial charge in [0.2, 0.25) is 0 Å². The number of hydrogen-bond acceptors (Lipinski definition) is 1. The third-order valence-electron chi connectivity index (χ3n) is 1.01. The lowest BCUT2D eigenvalue weighted by atomic mass is 10.1. The van der Waals surface area contributed by atoms with Gasteiger partial charge in [-0.2, -0.15) is 0 Å². The maximum absolute atomic E-state index is 10.1. The molecule has 1 N–H and O–H groups in total. The molecule has 8 heavy (non-hydrogen) atoms. The molecule has 0 aliphatic rings. The van der Waals surface area contributed by atoms with Gasteiger partial charge in [0.05, 0.1) is 5.92 Å². The second kappa shape index (κ2) is 3.47. The molecule has 0 heterocycles. The Morgan fingerprint density at radius 2 is 2.38 bits per heavy atom. The van der Waals surface area contributed by atoms with Crippen molar-refractivity contribution in [2.24, 2.45) is 5.92 Å². The first-order valence-corrected chi connectivity index (χ1v) is 2.69. The molecule has 0 spiro atoms. The van der Waals surface area contributed by atoms with Crippen LogP contribution in [0.15, 0.2) is 0 Å². The lowest BCUT2D eigenvalue weighted by Crippen LogP contribution is -2.08. The topological polar surface area (TPSA) is 37.3 Å². The van der Waals surface area contributed by atoms with Crippen LogP contribution in [0, 0.1) is 12.3 Å². The third kappa shape index (κ3) is 2.61. The number of carbonyl (C=O) groups is 1. The van der Waals surface area contributed by atoms with E-state index >= 15 is 0 Å². The van der Waals surface area contributed by atoms with Crippen LogP contribution in [0.3, 0.4) is 0 Å². The quantitative estimate of drug-likeness (QED) is 0.602. The minimum atomic E-state index is -0.719. The van der Waals surface area contributed by atoms with Gasteiger partial charge in [-0.25, -0.2) is 0 Å². The molecule has 0 fully saturated rings. The third-order valence-corrected chi connectivity index (χ3v) is 1.01. The maximum Gasteiger partial charge on any atom is 0.306 e. The highest BCUT2D eigenvalue weighted by Crippen LogP contribution is 2.02. The number of carboxylic acids is 1. The van der Waals surface area contributed by atoms with Gasteiger partial charge in [0.15, 0.2) is 0 Å². The van der Waals surface area contributed by atoms with Crippen LogP contribution in [0.25, 0.3) is 0 Å². The minimum Gasteiger partial charge on any atom is -0.481 e. The highest BCUT2D eigenvalue weighted by Gasteiger charge is 2.07. The number of rotatable bonds is 3. The van der Waals surface area contributed by atoms with Crippen LogP contribution in [0.4, 0.5) is 0 Å². The Hall–Kier alpha value is -0.530. The van der Waals surface area contributed by atoms with E-state index in [1.165, 1.54) is 0 Å². The van der Waals surface area contributed by atoms with Crippen molar-refractivity contribution in [1.82, 2.24) is 0 Å². The molecule has 0 aromatic carbocycles. The Morgan fingerprint density at radius 1 is 1.88 bits per heavy atom. The molecular formula is C6H11O2. The molecule has 0 saturated carbocycles. The molecule has 1 atom stereocenters. The van der Waals surface area contributed by atoms with Gasteiger partial charge in [-0.15, -0.1) is 0 Å². The Kier molecular flexibility index (Phi) is 3.24. The average molecular weight is 115 g/mol. The Balaban J connectivity index is 3.32. The van der Waals surface area contributed by atoms with E-state index in [1.54, 1.807) is 6.92 Å². The molecular weight excluding hydrogens is 104 g/mol. The SMILES string of the molecule is C[CH]CC(C)C(=O)O. The van der Waals surface area contributed by atoms with Gasteiger partial charge >= 0.3 is 5.97 Å². The molecule has 0 aromatic heterocycles. The smallest absolute Gasteiger partial charge is 0.306 e. The summed E-state index contributed by atoms with van der Waals surface area (Å²) in [5.74, 6) is -0.942. The summed E-state index contributed by atoms with van der Waals surface area (Å²) in [6, 6.07) is 0. The zero-order chi connectivity index (χ0) is 6.57. The summed E-state index contributed by atoms with van der Waals surface area (Å²) >= 11 is 0. The van der Waals surface area contributed by atoms with Gasteiger partial charge < -0.3 is 5.11 Å². The molecule has 0 saturated heterocycles. The van der Waals surface area contributed by atoms with Gasteiger partial charge in [0.25, 0.3) is 0 Å². The van der Waals surface area contributed by atoms with Crippen LogP contribution in [0.5, 0.6) is 0 Å². The van der Waals surface area contributed by atoms with Crippen LogP contribution >= 0.6 is 0 Å². The van der Waals surface area contributed by atoms with Crippen molar-refractivity contribution < 1.29 is 9.90 Å². The predicted molar refractivity (Wildman–Crippen MR) is 31.4 cm³/mol. The fraction of sp³-hybridized carbons (Fsp3) is 0.667. The normalized spacial score (nSPS) is 13.2. The Labute approximate surface area is 49.5 Å². The highest BCUT2D eigenvalue weighted by molar-refractivity contribution is 5.69. The zero-order valence-corrected chi connectivity index (χ0v) is 5.22. The molecule has 47 valence electrons. The van der Waals surface area contributed by atoms with Crippen molar-refractivity contribution >= 4 is 5.97 Å². The molecule has 0 bridgehead atoms. The maximum atomic E-state index is 10.1. The summed E-state index contributed by atoms with van der Waals surface area (Å²) < 4.78 is 0. The van der Waals surface area contributed by atoms with Crippen LogP contribution in [-0.2, 0) is 4.79 Å². The highest BCUT2D eigenvalue weighted by atomic mass is 16.4. The monoisotopic (exact) mass is 115 g/mol. The Bertz CT molecular complexity index is 78.6. The van der Waals surface area contributed by atoms with E-state index in [-0.39, 0.29) is 5.92 Å². The fourth-order valence-corrected chi connectivity index (χ4v) is 0.454. The summed E-state index contributed by atoms with van der Waals surface area (Å²) in [7, 11) is 0. The van der Waals surface area contributed by atoms with Crippen LogP contribution in [0.1, 0.15) is 20.3 Å². The standard InChI is InChI=1S/C6H11O2/c1-3-4-5(2)6(7)8/h3,5H,4H2,1-2H3,(H,7,8). The van der Waals surface area contributed by atoms with Gasteiger partial charge in [0.1, 0.15) is 0 Å². The number of carboxylic acid groups (broad SMARTS) is 1. The van der Waals surface area contributed by atoms with Crippen LogP contribution < -0.4 is 0 Å². The minimum absolute atomic E-state index is 0.222. The average Bonchev–Trinajstić information content (AvgIpc) is 1.67. The second-order valence-corrected chi connectivity index (χ2v) is 1.88. The fourth-order valence-electron chi connectivity index (χ4n) is 0.454. The summed E-state index contributed by atoms with van der Waals surface area (Å²) in [5, 5.41) is 8.29. The molecule has 1 radical (unpaired) electrons. The summed E-state index contributed by atoms with van der Waals surface area (Å²) in [6.45, 7) is 3.56. The van der Waals surface area contributed by atoms with Gasteiger partial charge in [-0.1, -0.05) is 13.8 Å². The van der Waals surface area contributed by atoms with Crippen LogP contribution in [-0.4, -0.2) is 11.1 Å². The first-order chi connectivity index (χ1) is 3.68. The molecule has 0 aliphatic heterocycles. The van der Waals surface area contributed by atoms with E-state index in [4.69, 9.17) is 5.11 Å². The van der Waals surface area contributed by atoms with Crippen molar-refractivity contribution in [3.8, 4) is 0 Å². The van der Waals surface area contributed by atoms with Gasteiger partial charge in [-0.3, -0.25) is 4.79 Å². The van der Waals surface area contributed by atoms with E-state index in [0.29, 0.717) is 6.42 Å². The largest absolute Gasteiger partial charge is 0.481 e. The van der Waals surface area contributed by atoms with Crippen molar-refractivity contribution in [1.29, 1.82) is 0 Å². The van der Waals surface area contributed by atoms with E-state index in [1.807, 2.05) is 13.3 Å². The number of aliphatic carboxylic acids is 1. The van der Waals surface area contributed by atoms with Gasteiger partial charge in [-0.05, 0) is 12.8 Å². The summed E-state index contributed by atoms with van der Waals surface area (Å²) in [6.07, 6.45) is 2.52. The molecule has 0 amide bonds. The molecule has 1 unspecified atom stereocenters. The number of hydrogen-bond donors (Lipinski definition) is 1. The van der Waals surface area contributed by atoms with Gasteiger partial charge in [0, 0.05) is 0 Å². The van der Waals surface area contributed by atoms with E-state index in [9.17, 15) is 4.79 Å². The first-order valence-electron chi connectivity index (χ1n) is 2.69.